The zero-order valence-corrected chi connectivity index (χ0v) is 41.5. The van der Waals surface area contributed by atoms with Crippen LogP contribution in [0.1, 0.15) is 106 Å². The first-order valence-electron chi connectivity index (χ1n) is 23.0. The highest BCUT2D eigenvalue weighted by molar-refractivity contribution is 5.89. The van der Waals surface area contributed by atoms with Gasteiger partial charge in [-0.2, -0.15) is 0 Å². The fourth-order valence-electron chi connectivity index (χ4n) is 7.59. The van der Waals surface area contributed by atoms with Gasteiger partial charge < -0.3 is 44.8 Å². The van der Waals surface area contributed by atoms with E-state index in [0.717, 1.165) is 24.7 Å². The van der Waals surface area contributed by atoms with Crippen LogP contribution < -0.4 is 16.0 Å². The number of likely N-dealkylation sites (N-methyl/N-ethyl adjacent to an activating group) is 3. The number of nitrogens with one attached hydrogen (secondary N) is 3. The number of ether oxygens (including phenoxy) is 3. The van der Waals surface area contributed by atoms with Crippen LogP contribution in [0.4, 0.5) is 0 Å². The average molecular weight is 891 g/mol. The molecule has 8 unspecified atom stereocenters. The molecule has 1 aliphatic rings. The molecule has 0 radical (unpaired) electrons. The van der Waals surface area contributed by atoms with Gasteiger partial charge in [0.2, 0.25) is 23.6 Å². The van der Waals surface area contributed by atoms with Crippen LogP contribution in [0.25, 0.3) is 0 Å². The normalized spacial score (nSPS) is 16.9. The van der Waals surface area contributed by atoms with Crippen LogP contribution in [0, 0.1) is 23.7 Å². The van der Waals surface area contributed by atoms with Gasteiger partial charge in [0.1, 0.15) is 12.3 Å². The molecule has 1 fully saturated rings. The van der Waals surface area contributed by atoms with Crippen LogP contribution in [0.15, 0.2) is 30.3 Å². The van der Waals surface area contributed by atoms with E-state index >= 15 is 0 Å². The topological polar surface area (TPSA) is 176 Å². The number of methoxy groups -OCH3 is 2. The van der Waals surface area contributed by atoms with Crippen LogP contribution in [-0.2, 0) is 49.4 Å². The predicted molar refractivity (Wildman–Crippen MR) is 250 cm³/mol. The van der Waals surface area contributed by atoms with Gasteiger partial charge in [-0.15, -0.1) is 0 Å². The molecule has 1 aromatic carbocycles. The van der Waals surface area contributed by atoms with Gasteiger partial charge in [0.15, 0.2) is 0 Å². The number of carbonyl (C=O) groups is 6. The van der Waals surface area contributed by atoms with Crippen molar-refractivity contribution < 1.29 is 43.0 Å². The lowest BCUT2D eigenvalue weighted by Gasteiger charge is -2.39. The second-order valence-corrected chi connectivity index (χ2v) is 17.4. The summed E-state index contributed by atoms with van der Waals surface area (Å²) >= 11 is 0. The lowest BCUT2D eigenvalue weighted by atomic mass is 9.90. The Labute approximate surface area is 380 Å². The lowest BCUT2D eigenvalue weighted by molar-refractivity contribution is -0.147. The number of benzene rings is 1. The van der Waals surface area contributed by atoms with Crippen LogP contribution in [0.2, 0.25) is 0 Å². The molecule has 1 saturated heterocycles. The molecule has 0 aromatic heterocycles. The zero-order chi connectivity index (χ0) is 48.2. The molecule has 0 spiro atoms. The Morgan fingerprint density at radius 1 is 0.921 bits per heavy atom. The molecule has 0 aliphatic carbocycles. The Kier molecular flexibility index (Phi) is 30.7. The van der Waals surface area contributed by atoms with Crippen molar-refractivity contribution in [3.63, 3.8) is 0 Å². The van der Waals surface area contributed by atoms with Gasteiger partial charge in [-0.25, -0.2) is 0 Å². The summed E-state index contributed by atoms with van der Waals surface area (Å²) in [6.45, 7) is 18.9. The van der Waals surface area contributed by atoms with E-state index in [-0.39, 0.29) is 92.1 Å². The van der Waals surface area contributed by atoms with Crippen molar-refractivity contribution in [2.75, 3.05) is 68.7 Å². The quantitative estimate of drug-likeness (QED) is 0.0703. The molecule has 0 saturated carbocycles. The Hall–Kier alpha value is -3.92. The Morgan fingerprint density at radius 3 is 2.02 bits per heavy atom. The van der Waals surface area contributed by atoms with E-state index < -0.39 is 24.2 Å². The fourth-order valence-corrected chi connectivity index (χ4v) is 7.59. The zero-order valence-electron chi connectivity index (χ0n) is 41.5. The van der Waals surface area contributed by atoms with Crippen molar-refractivity contribution in [3.05, 3.63) is 35.9 Å². The maximum absolute atomic E-state index is 14.0. The number of aldehydes is 1. The summed E-state index contributed by atoms with van der Waals surface area (Å²) in [7, 11) is 10.4. The number of hydrogen-bond acceptors (Lipinski definition) is 11. The molecule has 4 amide bonds. The van der Waals surface area contributed by atoms with Crippen LogP contribution in [0.3, 0.4) is 0 Å². The number of esters is 1. The van der Waals surface area contributed by atoms with E-state index in [1.54, 1.807) is 51.8 Å². The van der Waals surface area contributed by atoms with Crippen LogP contribution in [-0.4, -0.2) is 156 Å². The minimum atomic E-state index is -0.859. The molecule has 1 aromatic rings. The molecule has 15 nitrogen and oxygen atoms in total. The first-order valence-corrected chi connectivity index (χ1v) is 23.0. The summed E-state index contributed by atoms with van der Waals surface area (Å²) in [6.07, 6.45) is 4.09. The van der Waals surface area contributed by atoms with Crippen LogP contribution >= 0.6 is 0 Å². The SMILES string of the molecule is CC(C)C(C=O)N(C)C.CCC.CCC(C)C(C(CC(=O)N1CCCC1C(OC)C(C)C(=O)NC(Cc1ccccc1)C(=O)NCCCOC(=O)C(C)C)OC)N(C)C(=O)CNC. The third-order valence-corrected chi connectivity index (χ3v) is 11.3. The van der Waals surface area contributed by atoms with Gasteiger partial charge in [0, 0.05) is 40.8 Å². The third kappa shape index (κ3) is 21.1. The molecule has 1 heterocycles. The maximum Gasteiger partial charge on any atom is 0.308 e. The minimum Gasteiger partial charge on any atom is -0.465 e. The molecule has 0 bridgehead atoms. The fraction of sp³-hybridized carbons (Fsp3) is 0.750. The number of rotatable bonds is 25. The largest absolute Gasteiger partial charge is 0.465 e. The standard InChI is InChI=1S/C38H63N5O8.C7H15NO.C3H8/c1-10-26(4)34(42(7)33(45)24-39-6)31(49-8)23-32(44)43-20-14-18-30(43)35(50-9)27(5)36(46)41-29(22-28-16-12-11-13-17-28)37(47)40-19-15-21-51-38(48)25(2)3;1-6(2)7(5-9)8(3)4;1-3-2/h11-13,16-17,25-27,29-31,34-35,39H,10,14-15,18-24H2,1-9H3,(H,40,47)(H,41,46);5-7H,1-4H3;3H2,1-2H3. The van der Waals surface area contributed by atoms with Crippen molar-refractivity contribution in [2.45, 2.75) is 144 Å². The van der Waals surface area contributed by atoms with E-state index in [0.29, 0.717) is 25.3 Å². The van der Waals surface area contributed by atoms with Crippen LogP contribution in [0.5, 0.6) is 0 Å². The molecule has 3 N–H and O–H groups in total. The van der Waals surface area contributed by atoms with Crippen molar-refractivity contribution in [1.82, 2.24) is 30.7 Å². The third-order valence-electron chi connectivity index (χ3n) is 11.3. The van der Waals surface area contributed by atoms with Gasteiger partial charge in [0.25, 0.3) is 0 Å². The summed E-state index contributed by atoms with van der Waals surface area (Å²) in [5.74, 6) is -1.62. The van der Waals surface area contributed by atoms with Gasteiger partial charge in [-0.3, -0.25) is 28.9 Å². The molecule has 8 atom stereocenters. The smallest absolute Gasteiger partial charge is 0.308 e. The number of carbonyl (C=O) groups excluding carboxylic acids is 6. The summed E-state index contributed by atoms with van der Waals surface area (Å²) in [5, 5.41) is 8.72. The van der Waals surface area contributed by atoms with Crippen molar-refractivity contribution in [3.8, 4) is 0 Å². The van der Waals surface area contributed by atoms with Gasteiger partial charge in [0.05, 0.1) is 61.7 Å². The van der Waals surface area contributed by atoms with E-state index in [1.807, 2.05) is 63.2 Å². The Bertz CT molecular complexity index is 1450. The Balaban J connectivity index is 0.00000280. The number of likely N-dealkylation sites (tertiary alicyclic amines) is 1. The number of nitrogens with zero attached hydrogens (tertiary/aromatic N) is 3. The summed E-state index contributed by atoms with van der Waals surface area (Å²) in [4.78, 5) is 81.5. The van der Waals surface area contributed by atoms with Crippen molar-refractivity contribution >= 4 is 35.9 Å². The van der Waals surface area contributed by atoms with E-state index in [1.165, 1.54) is 13.5 Å². The molecule has 2 rings (SSSR count). The monoisotopic (exact) mass is 891 g/mol. The molecule has 362 valence electrons. The molecular formula is C48H86N6O9. The molecular weight excluding hydrogens is 805 g/mol. The highest BCUT2D eigenvalue weighted by Crippen LogP contribution is 2.29. The maximum atomic E-state index is 14.0. The van der Waals surface area contributed by atoms with Gasteiger partial charge >= 0.3 is 5.97 Å². The van der Waals surface area contributed by atoms with E-state index in [4.69, 9.17) is 14.2 Å². The second-order valence-electron chi connectivity index (χ2n) is 17.4. The lowest BCUT2D eigenvalue weighted by Crippen LogP contribution is -2.55. The highest BCUT2D eigenvalue weighted by atomic mass is 16.5. The minimum absolute atomic E-state index is 0.0741. The van der Waals surface area contributed by atoms with Crippen molar-refractivity contribution in [1.29, 1.82) is 0 Å². The Morgan fingerprint density at radius 2 is 1.54 bits per heavy atom. The molecule has 15 heteroatoms. The second kappa shape index (κ2) is 32.7. The van der Waals surface area contributed by atoms with Crippen molar-refractivity contribution in [2.24, 2.45) is 23.7 Å². The molecule has 63 heavy (non-hydrogen) atoms. The first-order chi connectivity index (χ1) is 29.8. The molecule has 1 aliphatic heterocycles. The van der Waals surface area contributed by atoms with E-state index in [9.17, 15) is 28.8 Å². The first kappa shape index (κ1) is 59.1. The number of amides is 4. The van der Waals surface area contributed by atoms with Gasteiger partial charge in [-0.1, -0.05) is 105 Å². The van der Waals surface area contributed by atoms with Gasteiger partial charge in [-0.05, 0) is 57.8 Å². The van der Waals surface area contributed by atoms with E-state index in [2.05, 4.69) is 43.6 Å². The highest BCUT2D eigenvalue weighted by Gasteiger charge is 2.42. The summed E-state index contributed by atoms with van der Waals surface area (Å²) in [6, 6.07) is 7.98. The predicted octanol–water partition coefficient (Wildman–Crippen LogP) is 4.75. The summed E-state index contributed by atoms with van der Waals surface area (Å²) < 4.78 is 17.0. The average Bonchev–Trinajstić information content (AvgIpc) is 3.73. The summed E-state index contributed by atoms with van der Waals surface area (Å²) in [5.41, 5.74) is 0.883. The number of hydrogen-bond donors (Lipinski definition) is 3.